The minimum Gasteiger partial charge on any atom is -0.381 e. The lowest BCUT2D eigenvalue weighted by Crippen LogP contribution is -2.27. The molecular weight excluding hydrogens is 228 g/mol. The average Bonchev–Trinajstić information content (AvgIpc) is 2.35. The van der Waals surface area contributed by atoms with E-state index in [0.29, 0.717) is 32.1 Å². The molecule has 0 aliphatic heterocycles. The lowest BCUT2D eigenvalue weighted by Gasteiger charge is -2.17. The van der Waals surface area contributed by atoms with Crippen molar-refractivity contribution in [1.82, 2.24) is 9.88 Å². The van der Waals surface area contributed by atoms with Crippen molar-refractivity contribution in [2.75, 3.05) is 20.3 Å². The third-order valence-corrected chi connectivity index (χ3v) is 2.48. The second-order valence-corrected chi connectivity index (χ2v) is 4.83. The van der Waals surface area contributed by atoms with Gasteiger partial charge in [0.15, 0.2) is 0 Å². The number of hydrogen-bond donors (Lipinski definition) is 0. The van der Waals surface area contributed by atoms with Crippen LogP contribution in [-0.2, 0) is 16.1 Å². The summed E-state index contributed by atoms with van der Waals surface area (Å²) in [6, 6.07) is 3.84. The van der Waals surface area contributed by atoms with Gasteiger partial charge in [0, 0.05) is 32.6 Å². The average molecular weight is 250 g/mol. The van der Waals surface area contributed by atoms with Crippen molar-refractivity contribution in [2.24, 2.45) is 5.92 Å². The number of ether oxygens (including phenoxy) is 1. The Balaban J connectivity index is 2.25. The van der Waals surface area contributed by atoms with Gasteiger partial charge >= 0.3 is 0 Å². The van der Waals surface area contributed by atoms with E-state index in [1.54, 1.807) is 24.3 Å². The molecule has 0 aromatic carbocycles. The first-order valence-electron chi connectivity index (χ1n) is 6.30. The molecule has 0 fully saturated rings. The molecule has 0 unspecified atom stereocenters. The number of carbonyl (C=O) groups is 1. The van der Waals surface area contributed by atoms with Gasteiger partial charge in [0.1, 0.15) is 0 Å². The summed E-state index contributed by atoms with van der Waals surface area (Å²) in [7, 11) is 1.80. The highest BCUT2D eigenvalue weighted by atomic mass is 16.5. The van der Waals surface area contributed by atoms with Gasteiger partial charge in [-0.2, -0.15) is 0 Å². The lowest BCUT2D eigenvalue weighted by molar-refractivity contribution is -0.131. The van der Waals surface area contributed by atoms with Crippen LogP contribution in [0.3, 0.4) is 0 Å². The van der Waals surface area contributed by atoms with Gasteiger partial charge in [-0.1, -0.05) is 19.9 Å². The van der Waals surface area contributed by atoms with E-state index in [1.807, 2.05) is 12.1 Å². The van der Waals surface area contributed by atoms with E-state index in [4.69, 9.17) is 4.74 Å². The van der Waals surface area contributed by atoms with Crippen molar-refractivity contribution >= 4 is 5.91 Å². The SMILES string of the molecule is CC(C)COCCC(=O)N(C)Cc1cccnc1. The van der Waals surface area contributed by atoms with Crippen molar-refractivity contribution < 1.29 is 9.53 Å². The molecule has 4 heteroatoms. The number of amides is 1. The van der Waals surface area contributed by atoms with Crippen LogP contribution < -0.4 is 0 Å². The maximum atomic E-state index is 11.8. The van der Waals surface area contributed by atoms with E-state index in [-0.39, 0.29) is 5.91 Å². The Morgan fingerprint density at radius 2 is 2.28 bits per heavy atom. The Labute approximate surface area is 109 Å². The van der Waals surface area contributed by atoms with Crippen LogP contribution in [0, 0.1) is 5.92 Å². The van der Waals surface area contributed by atoms with Crippen LogP contribution in [0.5, 0.6) is 0 Å². The second kappa shape index (κ2) is 7.82. The maximum Gasteiger partial charge on any atom is 0.224 e. The van der Waals surface area contributed by atoms with Crippen LogP contribution in [0.15, 0.2) is 24.5 Å². The molecule has 0 aliphatic carbocycles. The van der Waals surface area contributed by atoms with Crippen LogP contribution in [0.2, 0.25) is 0 Å². The molecule has 1 rings (SSSR count). The Bertz CT molecular complexity index is 352. The molecule has 0 bridgehead atoms. The van der Waals surface area contributed by atoms with Crippen molar-refractivity contribution in [3.8, 4) is 0 Å². The summed E-state index contributed by atoms with van der Waals surface area (Å²) in [5.74, 6) is 0.607. The van der Waals surface area contributed by atoms with E-state index >= 15 is 0 Å². The largest absolute Gasteiger partial charge is 0.381 e. The Morgan fingerprint density at radius 1 is 1.50 bits per heavy atom. The first-order valence-corrected chi connectivity index (χ1v) is 6.30. The smallest absolute Gasteiger partial charge is 0.224 e. The Hall–Kier alpha value is -1.42. The molecule has 0 saturated heterocycles. The molecule has 0 radical (unpaired) electrons. The van der Waals surface area contributed by atoms with Gasteiger partial charge in [-0.25, -0.2) is 0 Å². The lowest BCUT2D eigenvalue weighted by atomic mass is 10.2. The molecule has 1 aromatic rings. The molecule has 18 heavy (non-hydrogen) atoms. The van der Waals surface area contributed by atoms with E-state index in [9.17, 15) is 4.79 Å². The van der Waals surface area contributed by atoms with E-state index < -0.39 is 0 Å². The number of nitrogens with zero attached hydrogens (tertiary/aromatic N) is 2. The van der Waals surface area contributed by atoms with Crippen molar-refractivity contribution in [2.45, 2.75) is 26.8 Å². The fourth-order valence-corrected chi connectivity index (χ4v) is 1.52. The minimum absolute atomic E-state index is 0.0996. The summed E-state index contributed by atoms with van der Waals surface area (Å²) < 4.78 is 5.41. The van der Waals surface area contributed by atoms with Gasteiger partial charge in [-0.15, -0.1) is 0 Å². The maximum absolute atomic E-state index is 11.8. The van der Waals surface area contributed by atoms with Crippen LogP contribution in [0.4, 0.5) is 0 Å². The van der Waals surface area contributed by atoms with E-state index in [0.717, 1.165) is 5.56 Å². The molecule has 0 aliphatic rings. The van der Waals surface area contributed by atoms with Gasteiger partial charge in [0.05, 0.1) is 13.0 Å². The summed E-state index contributed by atoms with van der Waals surface area (Å²) in [6.45, 7) is 5.98. The summed E-state index contributed by atoms with van der Waals surface area (Å²) in [5, 5.41) is 0. The Kier molecular flexibility index (Phi) is 6.36. The van der Waals surface area contributed by atoms with Crippen LogP contribution >= 0.6 is 0 Å². The van der Waals surface area contributed by atoms with Gasteiger partial charge < -0.3 is 9.64 Å². The standard InChI is InChI=1S/C14H22N2O2/c1-12(2)11-18-8-6-14(17)16(3)10-13-5-4-7-15-9-13/h4-5,7,9,12H,6,8,10-11H2,1-3H3. The van der Waals surface area contributed by atoms with Gasteiger partial charge in [-0.05, 0) is 17.5 Å². The highest BCUT2D eigenvalue weighted by Gasteiger charge is 2.09. The third-order valence-electron chi connectivity index (χ3n) is 2.48. The molecular formula is C14H22N2O2. The second-order valence-electron chi connectivity index (χ2n) is 4.83. The number of hydrogen-bond acceptors (Lipinski definition) is 3. The number of pyridine rings is 1. The zero-order valence-electron chi connectivity index (χ0n) is 11.4. The quantitative estimate of drug-likeness (QED) is 0.696. The zero-order chi connectivity index (χ0) is 13.4. The highest BCUT2D eigenvalue weighted by Crippen LogP contribution is 2.03. The van der Waals surface area contributed by atoms with E-state index in [1.165, 1.54) is 0 Å². The molecule has 4 nitrogen and oxygen atoms in total. The number of rotatable bonds is 7. The first-order chi connectivity index (χ1) is 8.59. The topological polar surface area (TPSA) is 42.4 Å². The Morgan fingerprint density at radius 3 is 2.89 bits per heavy atom. The molecule has 1 aromatic heterocycles. The number of carbonyl (C=O) groups excluding carboxylic acids is 1. The normalized spacial score (nSPS) is 10.7. The zero-order valence-corrected chi connectivity index (χ0v) is 11.4. The summed E-state index contributed by atoms with van der Waals surface area (Å²) in [4.78, 5) is 17.6. The summed E-state index contributed by atoms with van der Waals surface area (Å²) in [5.41, 5.74) is 1.04. The fourth-order valence-electron chi connectivity index (χ4n) is 1.52. The third kappa shape index (κ3) is 5.77. The molecule has 1 amide bonds. The fraction of sp³-hybridized carbons (Fsp3) is 0.571. The first kappa shape index (κ1) is 14.6. The van der Waals surface area contributed by atoms with Crippen molar-refractivity contribution in [3.63, 3.8) is 0 Å². The highest BCUT2D eigenvalue weighted by molar-refractivity contribution is 5.75. The molecule has 0 spiro atoms. The van der Waals surface area contributed by atoms with Gasteiger partial charge in [0.2, 0.25) is 5.91 Å². The van der Waals surface area contributed by atoms with Crippen LogP contribution in [-0.4, -0.2) is 36.1 Å². The molecule has 1 heterocycles. The minimum atomic E-state index is 0.0996. The van der Waals surface area contributed by atoms with Crippen LogP contribution in [0.25, 0.3) is 0 Å². The van der Waals surface area contributed by atoms with Crippen LogP contribution in [0.1, 0.15) is 25.8 Å². The molecule has 0 N–H and O–H groups in total. The predicted octanol–water partition coefficient (Wildman–Crippen LogP) is 2.10. The van der Waals surface area contributed by atoms with Crippen molar-refractivity contribution in [3.05, 3.63) is 30.1 Å². The van der Waals surface area contributed by atoms with Gasteiger partial charge in [-0.3, -0.25) is 9.78 Å². The summed E-state index contributed by atoms with van der Waals surface area (Å²) >= 11 is 0. The predicted molar refractivity (Wildman–Crippen MR) is 71.0 cm³/mol. The summed E-state index contributed by atoms with van der Waals surface area (Å²) in [6.07, 6.45) is 3.94. The molecule has 0 atom stereocenters. The number of aromatic nitrogens is 1. The molecule has 0 saturated carbocycles. The van der Waals surface area contributed by atoms with Gasteiger partial charge in [0.25, 0.3) is 0 Å². The molecule has 100 valence electrons. The van der Waals surface area contributed by atoms with E-state index in [2.05, 4.69) is 18.8 Å². The monoisotopic (exact) mass is 250 g/mol. The van der Waals surface area contributed by atoms with Crippen molar-refractivity contribution in [1.29, 1.82) is 0 Å².